The minimum absolute atomic E-state index is 0.0541. The Hall–Kier alpha value is -2.82. The van der Waals surface area contributed by atoms with Crippen LogP contribution >= 0.6 is 0 Å². The van der Waals surface area contributed by atoms with E-state index in [-0.39, 0.29) is 29.9 Å². The van der Waals surface area contributed by atoms with Crippen LogP contribution in [0.1, 0.15) is 104 Å². The standard InChI is InChI=1S/C30H38N2O3/c1-35-24-19-17-21(18-20-24)28-27(29(33)31-22-11-5-2-3-6-12-22)25-15-9-10-16-26(25)30(34)32(28)23-13-7-4-8-14-23/h9-10,15-20,22-23,27-28H,2-8,11-14H2,1H3,(H,31,33)/t27-,28+/m0/s1. The van der Waals surface area contributed by atoms with E-state index in [1.54, 1.807) is 7.11 Å². The summed E-state index contributed by atoms with van der Waals surface area (Å²) in [6, 6.07) is 15.8. The molecule has 2 atom stereocenters. The van der Waals surface area contributed by atoms with E-state index in [2.05, 4.69) is 10.2 Å². The summed E-state index contributed by atoms with van der Waals surface area (Å²) in [7, 11) is 1.66. The van der Waals surface area contributed by atoms with Crippen LogP contribution in [-0.2, 0) is 4.79 Å². The molecule has 0 radical (unpaired) electrons. The van der Waals surface area contributed by atoms with Crippen LogP contribution in [0.2, 0.25) is 0 Å². The Balaban J connectivity index is 1.58. The molecule has 3 aliphatic rings. The van der Waals surface area contributed by atoms with Crippen molar-refractivity contribution < 1.29 is 14.3 Å². The number of ether oxygens (including phenoxy) is 1. The van der Waals surface area contributed by atoms with Gasteiger partial charge in [-0.15, -0.1) is 0 Å². The predicted octanol–water partition coefficient (Wildman–Crippen LogP) is 6.15. The molecule has 0 bridgehead atoms. The van der Waals surface area contributed by atoms with Crippen molar-refractivity contribution in [1.29, 1.82) is 0 Å². The van der Waals surface area contributed by atoms with Crippen molar-refractivity contribution in [3.8, 4) is 5.75 Å². The van der Waals surface area contributed by atoms with E-state index in [0.29, 0.717) is 5.56 Å². The molecule has 2 fully saturated rings. The number of fused-ring (bicyclic) bond motifs is 1. The maximum Gasteiger partial charge on any atom is 0.254 e. The largest absolute Gasteiger partial charge is 0.497 e. The van der Waals surface area contributed by atoms with Gasteiger partial charge in [-0.25, -0.2) is 0 Å². The number of amides is 2. The summed E-state index contributed by atoms with van der Waals surface area (Å²) >= 11 is 0. The molecular formula is C30H38N2O3. The second-order valence-electron chi connectivity index (χ2n) is 10.5. The van der Waals surface area contributed by atoms with Gasteiger partial charge in [-0.3, -0.25) is 9.59 Å². The summed E-state index contributed by atoms with van der Waals surface area (Å²) in [6.07, 6.45) is 12.4. The highest BCUT2D eigenvalue weighted by molar-refractivity contribution is 6.01. The molecule has 2 aliphatic carbocycles. The fourth-order valence-corrected chi connectivity index (χ4v) is 6.46. The molecule has 5 heteroatoms. The number of nitrogens with zero attached hydrogens (tertiary/aromatic N) is 1. The summed E-state index contributed by atoms with van der Waals surface area (Å²) in [6.45, 7) is 0. The second-order valence-corrected chi connectivity index (χ2v) is 10.5. The minimum Gasteiger partial charge on any atom is -0.497 e. The van der Waals surface area contributed by atoms with Gasteiger partial charge in [0.05, 0.1) is 19.1 Å². The van der Waals surface area contributed by atoms with Crippen molar-refractivity contribution in [3.63, 3.8) is 0 Å². The van der Waals surface area contributed by atoms with Gasteiger partial charge in [-0.2, -0.15) is 0 Å². The fraction of sp³-hybridized carbons (Fsp3) is 0.533. The van der Waals surface area contributed by atoms with E-state index in [1.165, 1.54) is 32.1 Å². The highest BCUT2D eigenvalue weighted by Gasteiger charge is 2.46. The Labute approximate surface area is 209 Å². The summed E-state index contributed by atoms with van der Waals surface area (Å²) in [5, 5.41) is 3.43. The average molecular weight is 475 g/mol. The molecule has 2 aromatic rings. The molecule has 1 aliphatic heterocycles. The van der Waals surface area contributed by atoms with Crippen LogP contribution in [0.4, 0.5) is 0 Å². The molecule has 2 amide bonds. The van der Waals surface area contributed by atoms with Crippen LogP contribution in [0.25, 0.3) is 0 Å². The number of hydrogen-bond acceptors (Lipinski definition) is 3. The maximum absolute atomic E-state index is 14.1. The fourth-order valence-electron chi connectivity index (χ4n) is 6.46. The van der Waals surface area contributed by atoms with Gasteiger partial charge in [0.25, 0.3) is 5.91 Å². The minimum atomic E-state index is -0.428. The van der Waals surface area contributed by atoms with E-state index < -0.39 is 5.92 Å². The van der Waals surface area contributed by atoms with E-state index in [0.717, 1.165) is 55.4 Å². The van der Waals surface area contributed by atoms with Crippen LogP contribution in [0, 0.1) is 0 Å². The Morgan fingerprint density at radius 3 is 2.17 bits per heavy atom. The average Bonchev–Trinajstić information content (AvgIpc) is 3.17. The van der Waals surface area contributed by atoms with E-state index in [1.807, 2.05) is 48.5 Å². The number of nitrogens with one attached hydrogen (secondary N) is 1. The monoisotopic (exact) mass is 474 g/mol. The van der Waals surface area contributed by atoms with Crippen molar-refractivity contribution in [3.05, 3.63) is 65.2 Å². The molecular weight excluding hydrogens is 436 g/mol. The van der Waals surface area contributed by atoms with Gasteiger partial charge >= 0.3 is 0 Å². The first-order valence-electron chi connectivity index (χ1n) is 13.5. The van der Waals surface area contributed by atoms with Gasteiger partial charge in [0, 0.05) is 17.6 Å². The number of methoxy groups -OCH3 is 1. The lowest BCUT2D eigenvalue weighted by molar-refractivity contribution is -0.125. The third-order valence-corrected chi connectivity index (χ3v) is 8.29. The summed E-state index contributed by atoms with van der Waals surface area (Å²) in [4.78, 5) is 30.2. The number of rotatable bonds is 5. The van der Waals surface area contributed by atoms with Crippen LogP contribution in [-0.4, -0.2) is 35.9 Å². The molecule has 2 aromatic carbocycles. The first-order chi connectivity index (χ1) is 17.2. The first kappa shape index (κ1) is 23.9. The lowest BCUT2D eigenvalue weighted by Crippen LogP contribution is -2.52. The zero-order valence-electron chi connectivity index (χ0n) is 20.9. The molecule has 2 saturated carbocycles. The van der Waals surface area contributed by atoms with Crippen molar-refractivity contribution >= 4 is 11.8 Å². The van der Waals surface area contributed by atoms with Crippen LogP contribution in [0.15, 0.2) is 48.5 Å². The Bertz CT molecular complexity index is 1020. The van der Waals surface area contributed by atoms with Gasteiger partial charge < -0.3 is 15.0 Å². The normalized spacial score (nSPS) is 23.9. The van der Waals surface area contributed by atoms with E-state index >= 15 is 0 Å². The zero-order valence-corrected chi connectivity index (χ0v) is 20.9. The highest BCUT2D eigenvalue weighted by Crippen LogP contribution is 2.46. The topological polar surface area (TPSA) is 58.6 Å². The quantitative estimate of drug-likeness (QED) is 0.529. The number of carbonyl (C=O) groups excluding carboxylic acids is 2. The third-order valence-electron chi connectivity index (χ3n) is 8.29. The van der Waals surface area contributed by atoms with Gasteiger partial charge in [-0.05, 0) is 55.0 Å². The Morgan fingerprint density at radius 1 is 0.857 bits per heavy atom. The molecule has 1 heterocycles. The van der Waals surface area contributed by atoms with E-state index in [4.69, 9.17) is 4.74 Å². The molecule has 0 spiro atoms. The maximum atomic E-state index is 14.1. The molecule has 1 N–H and O–H groups in total. The highest BCUT2D eigenvalue weighted by atomic mass is 16.5. The van der Waals surface area contributed by atoms with Crippen LogP contribution in [0.5, 0.6) is 5.75 Å². The van der Waals surface area contributed by atoms with Crippen LogP contribution < -0.4 is 10.1 Å². The second kappa shape index (κ2) is 10.8. The number of hydrogen-bond donors (Lipinski definition) is 1. The van der Waals surface area contributed by atoms with Crippen molar-refractivity contribution in [1.82, 2.24) is 10.2 Å². The van der Waals surface area contributed by atoms with Crippen molar-refractivity contribution in [2.45, 2.75) is 94.7 Å². The molecule has 0 unspecified atom stereocenters. The Morgan fingerprint density at radius 2 is 1.49 bits per heavy atom. The lowest BCUT2D eigenvalue weighted by Gasteiger charge is -2.47. The van der Waals surface area contributed by atoms with Gasteiger partial charge in [0.1, 0.15) is 5.75 Å². The molecule has 0 aromatic heterocycles. The zero-order chi connectivity index (χ0) is 24.2. The summed E-state index contributed by atoms with van der Waals surface area (Å²) < 4.78 is 5.40. The molecule has 5 rings (SSSR count). The first-order valence-corrected chi connectivity index (χ1v) is 13.5. The number of benzene rings is 2. The number of carbonyl (C=O) groups is 2. The van der Waals surface area contributed by atoms with Crippen molar-refractivity contribution in [2.75, 3.05) is 7.11 Å². The van der Waals surface area contributed by atoms with Gasteiger partial charge in [0.2, 0.25) is 5.91 Å². The predicted molar refractivity (Wildman–Crippen MR) is 138 cm³/mol. The van der Waals surface area contributed by atoms with Gasteiger partial charge in [0.15, 0.2) is 0 Å². The Kier molecular flexibility index (Phi) is 7.40. The van der Waals surface area contributed by atoms with Crippen molar-refractivity contribution in [2.24, 2.45) is 0 Å². The summed E-state index contributed by atoms with van der Waals surface area (Å²) in [5.41, 5.74) is 2.54. The van der Waals surface area contributed by atoms with Gasteiger partial charge in [-0.1, -0.05) is 75.3 Å². The lowest BCUT2D eigenvalue weighted by atomic mass is 9.77. The molecule has 186 valence electrons. The van der Waals surface area contributed by atoms with Crippen LogP contribution in [0.3, 0.4) is 0 Å². The summed E-state index contributed by atoms with van der Waals surface area (Å²) in [5.74, 6) is 0.466. The van der Waals surface area contributed by atoms with E-state index in [9.17, 15) is 9.59 Å². The SMILES string of the molecule is COc1ccc([C@@H]2[C@@H](C(=O)NC3CCCCCC3)c3ccccc3C(=O)N2C2CCCCC2)cc1. The molecule has 35 heavy (non-hydrogen) atoms. The third kappa shape index (κ3) is 4.96. The molecule has 5 nitrogen and oxygen atoms in total. The smallest absolute Gasteiger partial charge is 0.254 e. The molecule has 0 saturated heterocycles.